The maximum atomic E-state index is 13.6. The Labute approximate surface area is 142 Å². The van der Waals surface area contributed by atoms with Crippen LogP contribution in [0.15, 0.2) is 60.8 Å². The molecule has 0 aliphatic heterocycles. The van der Waals surface area contributed by atoms with Crippen LogP contribution in [0, 0.1) is 17.1 Å². The molecule has 2 aromatic carbocycles. The van der Waals surface area contributed by atoms with Crippen LogP contribution in [0.1, 0.15) is 5.56 Å². The van der Waals surface area contributed by atoms with Gasteiger partial charge in [0.2, 0.25) is 5.95 Å². The number of nitrogens with zero attached hydrogens (tertiary/aromatic N) is 5. The lowest BCUT2D eigenvalue weighted by Crippen LogP contribution is -1.99. The molecule has 4 rings (SSSR count). The van der Waals surface area contributed by atoms with Gasteiger partial charge in [-0.05, 0) is 30.3 Å². The molecule has 0 atom stereocenters. The van der Waals surface area contributed by atoms with Crippen molar-refractivity contribution in [1.29, 1.82) is 5.26 Å². The fourth-order valence-electron chi connectivity index (χ4n) is 2.47. The molecule has 0 fully saturated rings. The van der Waals surface area contributed by atoms with Gasteiger partial charge in [-0.1, -0.05) is 18.2 Å². The summed E-state index contributed by atoms with van der Waals surface area (Å²) in [5.41, 5.74) is 1.99. The molecule has 0 aliphatic carbocycles. The van der Waals surface area contributed by atoms with Crippen LogP contribution in [-0.2, 0) is 0 Å². The second-order valence-electron chi connectivity index (χ2n) is 5.27. The van der Waals surface area contributed by atoms with E-state index in [9.17, 15) is 4.39 Å². The molecule has 4 aromatic rings. The standard InChI is InChI=1S/C18H11FN6/c19-15-7-6-12(10-13(15)11-20)17-21-9-8-16-23-18(24-25(16)17)22-14-4-2-1-3-5-14/h1-10H,(H,22,24). The Hall–Kier alpha value is -3.79. The number of anilines is 2. The van der Waals surface area contributed by atoms with Crippen molar-refractivity contribution in [2.75, 3.05) is 5.32 Å². The molecule has 6 nitrogen and oxygen atoms in total. The molecule has 25 heavy (non-hydrogen) atoms. The highest BCUT2D eigenvalue weighted by Gasteiger charge is 2.12. The lowest BCUT2D eigenvalue weighted by molar-refractivity contribution is 0.624. The van der Waals surface area contributed by atoms with Crippen molar-refractivity contribution >= 4 is 17.3 Å². The Morgan fingerprint density at radius 3 is 2.72 bits per heavy atom. The van der Waals surface area contributed by atoms with Crippen molar-refractivity contribution in [1.82, 2.24) is 19.6 Å². The van der Waals surface area contributed by atoms with E-state index < -0.39 is 5.82 Å². The Bertz CT molecular complexity index is 1100. The first-order valence-electron chi connectivity index (χ1n) is 7.48. The third-order valence-electron chi connectivity index (χ3n) is 3.63. The van der Waals surface area contributed by atoms with Crippen molar-refractivity contribution in [3.05, 3.63) is 72.2 Å². The number of nitriles is 1. The maximum Gasteiger partial charge on any atom is 0.247 e. The SMILES string of the molecule is N#Cc1cc(-c2nccc3nc(Nc4ccccc4)nn23)ccc1F. The third kappa shape index (κ3) is 2.77. The maximum absolute atomic E-state index is 13.6. The predicted molar refractivity (Wildman–Crippen MR) is 90.6 cm³/mol. The Morgan fingerprint density at radius 1 is 1.08 bits per heavy atom. The summed E-state index contributed by atoms with van der Waals surface area (Å²) >= 11 is 0. The minimum absolute atomic E-state index is 0.0425. The van der Waals surface area contributed by atoms with Gasteiger partial charge in [0.25, 0.3) is 0 Å². The Kier molecular flexibility index (Phi) is 3.56. The molecule has 0 unspecified atom stereocenters. The predicted octanol–water partition coefficient (Wildman–Crippen LogP) is 3.55. The van der Waals surface area contributed by atoms with E-state index in [0.717, 1.165) is 5.69 Å². The smallest absolute Gasteiger partial charge is 0.247 e. The van der Waals surface area contributed by atoms with Crippen LogP contribution in [0.3, 0.4) is 0 Å². The highest BCUT2D eigenvalue weighted by molar-refractivity contribution is 5.63. The van der Waals surface area contributed by atoms with E-state index in [1.54, 1.807) is 22.8 Å². The number of fused-ring (bicyclic) bond motifs is 1. The van der Waals surface area contributed by atoms with Crippen LogP contribution in [-0.4, -0.2) is 19.6 Å². The summed E-state index contributed by atoms with van der Waals surface area (Å²) in [6.07, 6.45) is 1.60. The van der Waals surface area contributed by atoms with E-state index in [-0.39, 0.29) is 5.56 Å². The molecule has 2 aromatic heterocycles. The van der Waals surface area contributed by atoms with Crippen molar-refractivity contribution in [2.24, 2.45) is 0 Å². The molecular weight excluding hydrogens is 319 g/mol. The van der Waals surface area contributed by atoms with Gasteiger partial charge in [0, 0.05) is 23.5 Å². The van der Waals surface area contributed by atoms with E-state index in [2.05, 4.69) is 20.4 Å². The average molecular weight is 330 g/mol. The summed E-state index contributed by atoms with van der Waals surface area (Å²) in [7, 11) is 0. The first-order valence-corrected chi connectivity index (χ1v) is 7.48. The van der Waals surface area contributed by atoms with Crippen LogP contribution in [0.25, 0.3) is 17.0 Å². The van der Waals surface area contributed by atoms with E-state index >= 15 is 0 Å². The molecule has 0 spiro atoms. The fourth-order valence-corrected chi connectivity index (χ4v) is 2.47. The van der Waals surface area contributed by atoms with E-state index in [4.69, 9.17) is 5.26 Å². The highest BCUT2D eigenvalue weighted by atomic mass is 19.1. The Morgan fingerprint density at radius 2 is 1.92 bits per heavy atom. The molecule has 2 heterocycles. The van der Waals surface area contributed by atoms with Gasteiger partial charge in [0.05, 0.1) is 5.56 Å². The van der Waals surface area contributed by atoms with Gasteiger partial charge in [-0.15, -0.1) is 5.10 Å². The van der Waals surface area contributed by atoms with Crippen molar-refractivity contribution in [3.8, 4) is 17.5 Å². The second-order valence-corrected chi connectivity index (χ2v) is 5.27. The molecule has 0 amide bonds. The zero-order valence-corrected chi connectivity index (χ0v) is 12.9. The molecule has 7 heteroatoms. The van der Waals surface area contributed by atoms with E-state index in [1.807, 2.05) is 36.4 Å². The summed E-state index contributed by atoms with van der Waals surface area (Å²) in [4.78, 5) is 8.72. The highest BCUT2D eigenvalue weighted by Crippen LogP contribution is 2.22. The normalized spacial score (nSPS) is 10.6. The van der Waals surface area contributed by atoms with Gasteiger partial charge in [-0.3, -0.25) is 0 Å². The molecule has 120 valence electrons. The average Bonchev–Trinajstić information content (AvgIpc) is 3.05. The number of aromatic nitrogens is 4. The van der Waals surface area contributed by atoms with Gasteiger partial charge in [0.15, 0.2) is 11.5 Å². The molecular formula is C18H11FN6. The lowest BCUT2D eigenvalue weighted by Gasteiger charge is -2.04. The first-order chi connectivity index (χ1) is 12.2. The monoisotopic (exact) mass is 330 g/mol. The van der Waals surface area contributed by atoms with Crippen LogP contribution in [0.4, 0.5) is 16.0 Å². The molecule has 1 N–H and O–H groups in total. The van der Waals surface area contributed by atoms with Gasteiger partial charge >= 0.3 is 0 Å². The van der Waals surface area contributed by atoms with Crippen LogP contribution >= 0.6 is 0 Å². The van der Waals surface area contributed by atoms with Crippen molar-refractivity contribution in [2.45, 2.75) is 0 Å². The number of benzene rings is 2. The molecule has 0 saturated heterocycles. The number of halogens is 1. The minimum Gasteiger partial charge on any atom is -0.323 e. The summed E-state index contributed by atoms with van der Waals surface area (Å²) in [5.74, 6) is 0.328. The van der Waals surface area contributed by atoms with E-state index in [1.165, 1.54) is 12.1 Å². The zero-order valence-electron chi connectivity index (χ0n) is 12.9. The number of rotatable bonds is 3. The largest absolute Gasteiger partial charge is 0.323 e. The van der Waals surface area contributed by atoms with Crippen molar-refractivity contribution < 1.29 is 4.39 Å². The first kappa shape index (κ1) is 14.8. The summed E-state index contributed by atoms with van der Waals surface area (Å²) < 4.78 is 15.1. The zero-order chi connectivity index (χ0) is 17.2. The molecule has 0 radical (unpaired) electrons. The van der Waals surface area contributed by atoms with Crippen LogP contribution in [0.2, 0.25) is 0 Å². The lowest BCUT2D eigenvalue weighted by atomic mass is 10.1. The second kappa shape index (κ2) is 6.02. The fraction of sp³-hybridized carbons (Fsp3) is 0. The minimum atomic E-state index is -0.566. The summed E-state index contributed by atoms with van der Waals surface area (Å²) in [6, 6.07) is 17.4. The quantitative estimate of drug-likeness (QED) is 0.621. The molecule has 0 bridgehead atoms. The van der Waals surface area contributed by atoms with E-state index in [0.29, 0.717) is 23.0 Å². The summed E-state index contributed by atoms with van der Waals surface area (Å²) in [5, 5.41) is 16.6. The number of hydrogen-bond donors (Lipinski definition) is 1. The van der Waals surface area contributed by atoms with Gasteiger partial charge in [-0.2, -0.15) is 14.8 Å². The topological polar surface area (TPSA) is 78.9 Å². The molecule has 0 saturated carbocycles. The summed E-state index contributed by atoms with van der Waals surface area (Å²) in [6.45, 7) is 0. The third-order valence-corrected chi connectivity index (χ3v) is 3.63. The van der Waals surface area contributed by atoms with Gasteiger partial charge < -0.3 is 5.32 Å². The van der Waals surface area contributed by atoms with Gasteiger partial charge in [-0.25, -0.2) is 9.37 Å². The van der Waals surface area contributed by atoms with Crippen molar-refractivity contribution in [3.63, 3.8) is 0 Å². The number of para-hydroxylation sites is 1. The van der Waals surface area contributed by atoms with Gasteiger partial charge in [0.1, 0.15) is 11.9 Å². The molecule has 0 aliphatic rings. The number of hydrogen-bond acceptors (Lipinski definition) is 5. The van der Waals surface area contributed by atoms with Crippen LogP contribution in [0.5, 0.6) is 0 Å². The number of nitrogens with one attached hydrogen (secondary N) is 1. The Balaban J connectivity index is 1.79. The van der Waals surface area contributed by atoms with Crippen LogP contribution < -0.4 is 5.32 Å².